The second kappa shape index (κ2) is 11.5. The number of aryl methyl sites for hydroxylation is 1. The van der Waals surface area contributed by atoms with Gasteiger partial charge in [0.05, 0.1) is 18.4 Å². The van der Waals surface area contributed by atoms with Gasteiger partial charge in [0.15, 0.2) is 5.16 Å². The van der Waals surface area contributed by atoms with Gasteiger partial charge in [-0.15, -0.1) is 28.1 Å². The smallest absolute Gasteiger partial charge is 0.340 e. The number of thiophene rings is 1. The number of rotatable bonds is 10. The summed E-state index contributed by atoms with van der Waals surface area (Å²) in [7, 11) is 1.34. The minimum atomic E-state index is -0.447. The second-order valence-corrected chi connectivity index (χ2v) is 9.72. The largest absolute Gasteiger partial charge is 0.465 e. The molecule has 0 saturated heterocycles. The Labute approximate surface area is 191 Å². The van der Waals surface area contributed by atoms with Gasteiger partial charge in [-0.2, -0.15) is 0 Å². The van der Waals surface area contributed by atoms with E-state index in [2.05, 4.69) is 26.7 Å². The molecule has 0 unspecified atom stereocenters. The van der Waals surface area contributed by atoms with Gasteiger partial charge in [-0.1, -0.05) is 56.9 Å². The second-order valence-electron chi connectivity index (χ2n) is 7.64. The van der Waals surface area contributed by atoms with Crippen molar-refractivity contribution in [3.63, 3.8) is 0 Å². The number of anilines is 1. The van der Waals surface area contributed by atoms with Crippen LogP contribution in [0.5, 0.6) is 0 Å². The Morgan fingerprint density at radius 1 is 1.35 bits per heavy atom. The highest BCUT2D eigenvalue weighted by molar-refractivity contribution is 7.99. The highest BCUT2D eigenvalue weighted by Crippen LogP contribution is 2.30. The molecule has 1 amide bonds. The molecule has 7 nitrogen and oxygen atoms in total. The fourth-order valence-corrected chi connectivity index (χ4v) is 5.57. The summed E-state index contributed by atoms with van der Waals surface area (Å²) in [6, 6.07) is 1.78. The molecule has 0 radical (unpaired) electrons. The third-order valence-corrected chi connectivity index (χ3v) is 7.58. The number of hydrogen-bond acceptors (Lipinski definition) is 7. The number of thioether (sulfide) groups is 1. The van der Waals surface area contributed by atoms with E-state index in [4.69, 9.17) is 4.74 Å². The van der Waals surface area contributed by atoms with Crippen LogP contribution >= 0.6 is 23.1 Å². The summed E-state index contributed by atoms with van der Waals surface area (Å²) in [5, 5.41) is 12.8. The Morgan fingerprint density at radius 3 is 2.81 bits per heavy atom. The van der Waals surface area contributed by atoms with E-state index in [0.717, 1.165) is 28.7 Å². The van der Waals surface area contributed by atoms with Crippen molar-refractivity contribution >= 4 is 40.0 Å². The Morgan fingerprint density at radius 2 is 2.13 bits per heavy atom. The SMILES string of the molecule is C=CCn1c(CC2CCCCC2)nnc1SCC(=O)Nc1sc(CC)cc1C(=O)OC. The third-order valence-electron chi connectivity index (χ3n) is 5.42. The molecule has 1 aliphatic rings. The first kappa shape index (κ1) is 23.5. The highest BCUT2D eigenvalue weighted by atomic mass is 32.2. The van der Waals surface area contributed by atoms with Gasteiger partial charge in [0.1, 0.15) is 10.8 Å². The van der Waals surface area contributed by atoms with Gasteiger partial charge in [-0.25, -0.2) is 4.79 Å². The van der Waals surface area contributed by atoms with E-state index >= 15 is 0 Å². The Hall–Kier alpha value is -2.13. The zero-order valence-corrected chi connectivity index (χ0v) is 19.8. The number of amides is 1. The molecule has 2 heterocycles. The lowest BCUT2D eigenvalue weighted by atomic mass is 9.87. The number of nitrogens with zero attached hydrogens (tertiary/aromatic N) is 3. The van der Waals surface area contributed by atoms with Gasteiger partial charge < -0.3 is 14.6 Å². The van der Waals surface area contributed by atoms with Gasteiger partial charge in [0.2, 0.25) is 5.91 Å². The van der Waals surface area contributed by atoms with Crippen LogP contribution in [0.4, 0.5) is 5.00 Å². The van der Waals surface area contributed by atoms with Gasteiger partial charge >= 0.3 is 5.97 Å². The Bertz CT molecular complexity index is 916. The van der Waals surface area contributed by atoms with Gasteiger partial charge in [0, 0.05) is 17.8 Å². The third kappa shape index (κ3) is 6.20. The Kier molecular flexibility index (Phi) is 8.71. The maximum Gasteiger partial charge on any atom is 0.340 e. The van der Waals surface area contributed by atoms with E-state index in [9.17, 15) is 9.59 Å². The van der Waals surface area contributed by atoms with Crippen molar-refractivity contribution in [3.05, 3.63) is 35.0 Å². The van der Waals surface area contributed by atoms with Crippen molar-refractivity contribution in [2.24, 2.45) is 5.92 Å². The van der Waals surface area contributed by atoms with Crippen molar-refractivity contribution in [2.75, 3.05) is 18.2 Å². The van der Waals surface area contributed by atoms with Crippen LogP contribution in [0.2, 0.25) is 0 Å². The minimum absolute atomic E-state index is 0.179. The van der Waals surface area contributed by atoms with E-state index in [1.807, 2.05) is 13.0 Å². The van der Waals surface area contributed by atoms with Crippen LogP contribution in [0, 0.1) is 5.92 Å². The number of carbonyl (C=O) groups excluding carboxylic acids is 2. The number of ether oxygens (including phenoxy) is 1. The van der Waals surface area contributed by atoms with Crippen LogP contribution in [-0.4, -0.2) is 39.5 Å². The molecule has 0 aliphatic heterocycles. The van der Waals surface area contributed by atoms with Gasteiger partial charge in [-0.05, 0) is 18.4 Å². The summed E-state index contributed by atoms with van der Waals surface area (Å²) in [4.78, 5) is 25.6. The van der Waals surface area contributed by atoms with Crippen LogP contribution in [0.3, 0.4) is 0 Å². The quantitative estimate of drug-likeness (QED) is 0.312. The van der Waals surface area contributed by atoms with Crippen LogP contribution < -0.4 is 5.32 Å². The molecule has 0 atom stereocenters. The molecule has 3 rings (SSSR count). The molecule has 0 spiro atoms. The van der Waals surface area contributed by atoms with Gasteiger partial charge in [0.25, 0.3) is 0 Å². The lowest BCUT2D eigenvalue weighted by Crippen LogP contribution is -2.16. The number of esters is 1. The molecule has 1 N–H and O–H groups in total. The zero-order chi connectivity index (χ0) is 22.2. The molecule has 0 aromatic carbocycles. The summed E-state index contributed by atoms with van der Waals surface area (Å²) < 4.78 is 6.89. The number of allylic oxidation sites excluding steroid dienone is 1. The first-order valence-electron chi connectivity index (χ1n) is 10.7. The van der Waals surface area contributed by atoms with E-state index in [1.54, 1.807) is 6.07 Å². The monoisotopic (exact) mass is 462 g/mol. The molecule has 2 aromatic rings. The maximum absolute atomic E-state index is 12.6. The molecular formula is C22H30N4O3S2. The average Bonchev–Trinajstić information content (AvgIpc) is 3.36. The lowest BCUT2D eigenvalue weighted by Gasteiger charge is -2.21. The highest BCUT2D eigenvalue weighted by Gasteiger charge is 2.21. The first-order valence-corrected chi connectivity index (χ1v) is 12.5. The van der Waals surface area contributed by atoms with Crippen LogP contribution in [0.25, 0.3) is 0 Å². The fraction of sp³-hybridized carbons (Fsp3) is 0.545. The molecule has 9 heteroatoms. The van der Waals surface area contributed by atoms with Crippen molar-refractivity contribution in [1.82, 2.24) is 14.8 Å². The predicted octanol–water partition coefficient (Wildman–Crippen LogP) is 4.73. The van der Waals surface area contributed by atoms with E-state index in [-0.39, 0.29) is 11.7 Å². The number of methoxy groups -OCH3 is 1. The van der Waals surface area contributed by atoms with Crippen molar-refractivity contribution < 1.29 is 14.3 Å². The molecule has 2 aromatic heterocycles. The molecule has 168 valence electrons. The van der Waals surface area contributed by atoms with Crippen LogP contribution in [-0.2, 0) is 28.9 Å². The molecule has 31 heavy (non-hydrogen) atoms. The summed E-state index contributed by atoms with van der Waals surface area (Å²) in [6.45, 7) is 6.48. The minimum Gasteiger partial charge on any atom is -0.465 e. The molecule has 1 aliphatic carbocycles. The summed E-state index contributed by atoms with van der Waals surface area (Å²) in [5.74, 6) is 1.16. The topological polar surface area (TPSA) is 86.1 Å². The molecule has 0 bridgehead atoms. The van der Waals surface area contributed by atoms with Crippen molar-refractivity contribution in [3.8, 4) is 0 Å². The first-order chi connectivity index (χ1) is 15.0. The summed E-state index contributed by atoms with van der Waals surface area (Å²) in [5.41, 5.74) is 0.396. The Balaban J connectivity index is 1.64. The molecular weight excluding hydrogens is 432 g/mol. The number of carbonyl (C=O) groups is 2. The maximum atomic E-state index is 12.6. The van der Waals surface area contributed by atoms with E-state index in [0.29, 0.717) is 23.0 Å². The lowest BCUT2D eigenvalue weighted by molar-refractivity contribution is -0.113. The predicted molar refractivity (Wildman–Crippen MR) is 125 cm³/mol. The van der Waals surface area contributed by atoms with E-state index in [1.165, 1.54) is 62.3 Å². The summed E-state index contributed by atoms with van der Waals surface area (Å²) in [6.07, 6.45) is 9.94. The number of aromatic nitrogens is 3. The summed E-state index contributed by atoms with van der Waals surface area (Å²) >= 11 is 2.75. The molecule has 1 fully saturated rings. The fourth-order valence-electron chi connectivity index (χ4n) is 3.80. The average molecular weight is 463 g/mol. The van der Waals surface area contributed by atoms with E-state index < -0.39 is 5.97 Å². The van der Waals surface area contributed by atoms with Crippen molar-refractivity contribution in [2.45, 2.75) is 63.6 Å². The van der Waals surface area contributed by atoms with Crippen LogP contribution in [0.1, 0.15) is 60.1 Å². The van der Waals surface area contributed by atoms with Crippen LogP contribution in [0.15, 0.2) is 23.9 Å². The number of nitrogens with one attached hydrogen (secondary N) is 1. The van der Waals surface area contributed by atoms with Crippen molar-refractivity contribution in [1.29, 1.82) is 0 Å². The number of hydrogen-bond donors (Lipinski definition) is 1. The molecule has 1 saturated carbocycles. The zero-order valence-electron chi connectivity index (χ0n) is 18.2. The standard InChI is InChI=1S/C22H30N4O3S2/c1-4-11-26-18(12-15-9-7-6-8-10-15)24-25-22(26)30-14-19(27)23-20-17(21(28)29-3)13-16(5-2)31-20/h4,13,15H,1,5-12,14H2,2-3H3,(H,23,27). The normalized spacial score (nSPS) is 14.4. The van der Waals surface area contributed by atoms with Gasteiger partial charge in [-0.3, -0.25) is 4.79 Å².